The lowest BCUT2D eigenvalue weighted by molar-refractivity contribution is -0.00710. The summed E-state index contributed by atoms with van der Waals surface area (Å²) in [4.78, 5) is 24.3. The topological polar surface area (TPSA) is 78.6 Å². The monoisotopic (exact) mass is 357 g/mol. The van der Waals surface area contributed by atoms with Crippen molar-refractivity contribution >= 4 is 11.9 Å². The predicted molar refractivity (Wildman–Crippen MR) is 94.1 cm³/mol. The van der Waals surface area contributed by atoms with E-state index in [-0.39, 0.29) is 5.97 Å². The van der Waals surface area contributed by atoms with E-state index in [0.29, 0.717) is 35.4 Å². The maximum atomic E-state index is 12.3. The molecule has 6 heteroatoms. The second-order valence-corrected chi connectivity index (χ2v) is 8.13. The van der Waals surface area contributed by atoms with Gasteiger partial charge in [-0.05, 0) is 52.3 Å². The van der Waals surface area contributed by atoms with Crippen molar-refractivity contribution in [1.29, 1.82) is 0 Å². The Morgan fingerprint density at radius 1 is 1.23 bits per heavy atom. The van der Waals surface area contributed by atoms with Crippen molar-refractivity contribution in [2.45, 2.75) is 58.7 Å². The number of carbonyl (C=O) groups excluding carboxylic acids is 2. The van der Waals surface area contributed by atoms with Gasteiger partial charge in [0.1, 0.15) is 22.5 Å². The number of rotatable bonds is 3. The Hall–Kier alpha value is -2.63. The quantitative estimate of drug-likeness (QED) is 0.779. The van der Waals surface area contributed by atoms with Gasteiger partial charge in [-0.3, -0.25) is 0 Å². The van der Waals surface area contributed by atoms with Crippen LogP contribution in [-0.2, 0) is 22.3 Å². The number of hydrogen-bond acceptors (Lipinski definition) is 6. The summed E-state index contributed by atoms with van der Waals surface area (Å²) in [6.07, 6.45) is 0.918. The highest BCUT2D eigenvalue weighted by molar-refractivity contribution is 5.93. The number of esters is 2. The van der Waals surface area contributed by atoms with E-state index in [1.807, 2.05) is 46.8 Å². The minimum absolute atomic E-state index is 0.369. The first kappa shape index (κ1) is 18.2. The number of cyclic esters (lactones) is 1. The zero-order valence-corrected chi connectivity index (χ0v) is 15.7. The molecule has 0 amide bonds. The van der Waals surface area contributed by atoms with Crippen molar-refractivity contribution in [2.75, 3.05) is 0 Å². The van der Waals surface area contributed by atoms with Crippen molar-refractivity contribution in [3.05, 3.63) is 52.4 Å². The summed E-state index contributed by atoms with van der Waals surface area (Å²) < 4.78 is 16.2. The Kier molecular flexibility index (Phi) is 4.38. The molecule has 26 heavy (non-hydrogen) atoms. The normalized spacial score (nSPS) is 16.0. The van der Waals surface area contributed by atoms with Gasteiger partial charge in [0.2, 0.25) is 0 Å². The highest BCUT2D eigenvalue weighted by Gasteiger charge is 2.37. The van der Waals surface area contributed by atoms with Gasteiger partial charge in [0, 0.05) is 12.8 Å². The van der Waals surface area contributed by atoms with E-state index in [2.05, 4.69) is 5.16 Å². The number of benzene rings is 1. The fourth-order valence-electron chi connectivity index (χ4n) is 2.86. The maximum Gasteiger partial charge on any atom is 0.344 e. The Balaban J connectivity index is 1.76. The van der Waals surface area contributed by atoms with Gasteiger partial charge >= 0.3 is 11.9 Å². The van der Waals surface area contributed by atoms with Gasteiger partial charge < -0.3 is 14.0 Å². The molecular weight excluding hydrogens is 334 g/mol. The fourth-order valence-corrected chi connectivity index (χ4v) is 2.86. The van der Waals surface area contributed by atoms with E-state index in [4.69, 9.17) is 14.0 Å². The lowest BCUT2D eigenvalue weighted by Crippen LogP contribution is -2.36. The standard InChI is InChI=1S/C20H23NO5/c1-19(2,3)24-17(22)13-8-6-12(7-9-13)10-15-16-14(21-26-15)11-20(4,5)25-18(16)23/h6-9H,10-11H2,1-5H3. The van der Waals surface area contributed by atoms with Crippen LogP contribution in [0.3, 0.4) is 0 Å². The van der Waals surface area contributed by atoms with Crippen LogP contribution < -0.4 is 0 Å². The molecule has 0 bridgehead atoms. The average Bonchev–Trinajstić information content (AvgIpc) is 2.87. The van der Waals surface area contributed by atoms with Gasteiger partial charge in [-0.2, -0.15) is 0 Å². The van der Waals surface area contributed by atoms with Crippen LogP contribution in [-0.4, -0.2) is 28.3 Å². The molecule has 6 nitrogen and oxygen atoms in total. The first-order chi connectivity index (χ1) is 12.0. The summed E-state index contributed by atoms with van der Waals surface area (Å²) in [5, 5.41) is 4.04. The van der Waals surface area contributed by atoms with Gasteiger partial charge in [-0.15, -0.1) is 0 Å². The third kappa shape index (κ3) is 3.95. The van der Waals surface area contributed by atoms with Crippen LogP contribution in [0.1, 0.15) is 72.4 Å². The molecule has 1 aliphatic heterocycles. The molecule has 1 aliphatic rings. The van der Waals surface area contributed by atoms with Gasteiger partial charge in [0.25, 0.3) is 0 Å². The molecule has 138 valence electrons. The van der Waals surface area contributed by atoms with Gasteiger partial charge in [0.05, 0.1) is 5.56 Å². The third-order valence-electron chi connectivity index (χ3n) is 3.95. The fraction of sp³-hybridized carbons (Fsp3) is 0.450. The van der Waals surface area contributed by atoms with E-state index >= 15 is 0 Å². The minimum atomic E-state index is -0.576. The van der Waals surface area contributed by atoms with Crippen molar-refractivity contribution in [2.24, 2.45) is 0 Å². The summed E-state index contributed by atoms with van der Waals surface area (Å²) in [6.45, 7) is 9.17. The molecule has 2 aromatic rings. The smallest absolute Gasteiger partial charge is 0.344 e. The van der Waals surface area contributed by atoms with E-state index in [0.717, 1.165) is 5.56 Å². The Bertz CT molecular complexity index is 840. The largest absolute Gasteiger partial charge is 0.456 e. The SMILES string of the molecule is CC(C)(C)OC(=O)c1ccc(Cc2onc3c2C(=O)OC(C)(C)C3)cc1. The maximum absolute atomic E-state index is 12.3. The molecule has 2 heterocycles. The molecular formula is C20H23NO5. The summed E-state index contributed by atoms with van der Waals surface area (Å²) >= 11 is 0. The van der Waals surface area contributed by atoms with Crippen molar-refractivity contribution < 1.29 is 23.6 Å². The average molecular weight is 357 g/mol. The molecule has 0 saturated heterocycles. The number of nitrogens with zero attached hydrogens (tertiary/aromatic N) is 1. The molecule has 0 N–H and O–H groups in total. The molecule has 0 spiro atoms. The summed E-state index contributed by atoms with van der Waals surface area (Å²) in [5.41, 5.74) is 1.31. The van der Waals surface area contributed by atoms with Gasteiger partial charge in [0.15, 0.2) is 5.76 Å². The van der Waals surface area contributed by atoms with Crippen LogP contribution in [0.4, 0.5) is 0 Å². The summed E-state index contributed by atoms with van der Waals surface area (Å²) in [5.74, 6) is -0.296. The van der Waals surface area contributed by atoms with Crippen LogP contribution in [0.25, 0.3) is 0 Å². The molecule has 0 saturated carbocycles. The number of carbonyl (C=O) groups is 2. The van der Waals surface area contributed by atoms with E-state index in [1.165, 1.54) is 0 Å². The lowest BCUT2D eigenvalue weighted by atomic mass is 9.94. The minimum Gasteiger partial charge on any atom is -0.456 e. The molecule has 3 rings (SSSR count). The van der Waals surface area contributed by atoms with Gasteiger partial charge in [-0.1, -0.05) is 17.3 Å². The zero-order chi connectivity index (χ0) is 19.1. The van der Waals surface area contributed by atoms with Crippen molar-refractivity contribution in [1.82, 2.24) is 5.16 Å². The van der Waals surface area contributed by atoms with Crippen LogP contribution in [0.2, 0.25) is 0 Å². The van der Waals surface area contributed by atoms with Crippen LogP contribution >= 0.6 is 0 Å². The lowest BCUT2D eigenvalue weighted by Gasteiger charge is -2.28. The third-order valence-corrected chi connectivity index (χ3v) is 3.95. The van der Waals surface area contributed by atoms with E-state index in [1.54, 1.807) is 12.1 Å². The predicted octanol–water partition coefficient (Wildman–Crippen LogP) is 3.71. The second kappa shape index (κ2) is 6.27. The number of ether oxygens (including phenoxy) is 2. The molecule has 0 atom stereocenters. The first-order valence-electron chi connectivity index (χ1n) is 8.57. The zero-order valence-electron chi connectivity index (χ0n) is 15.7. The molecule has 0 aliphatic carbocycles. The number of hydrogen-bond donors (Lipinski definition) is 0. The van der Waals surface area contributed by atoms with Crippen molar-refractivity contribution in [3.8, 4) is 0 Å². The Morgan fingerprint density at radius 2 is 1.88 bits per heavy atom. The summed E-state index contributed by atoms with van der Waals surface area (Å²) in [7, 11) is 0. The molecule has 1 aromatic heterocycles. The molecule has 1 aromatic carbocycles. The van der Waals surface area contributed by atoms with Crippen LogP contribution in [0.5, 0.6) is 0 Å². The van der Waals surface area contributed by atoms with E-state index in [9.17, 15) is 9.59 Å². The van der Waals surface area contributed by atoms with Gasteiger partial charge in [-0.25, -0.2) is 9.59 Å². The molecule has 0 fully saturated rings. The van der Waals surface area contributed by atoms with E-state index < -0.39 is 17.2 Å². The number of aromatic nitrogens is 1. The first-order valence-corrected chi connectivity index (χ1v) is 8.57. The molecule has 0 radical (unpaired) electrons. The van der Waals surface area contributed by atoms with Crippen molar-refractivity contribution in [3.63, 3.8) is 0 Å². The highest BCUT2D eigenvalue weighted by Crippen LogP contribution is 2.30. The Morgan fingerprint density at radius 3 is 2.50 bits per heavy atom. The van der Waals surface area contributed by atoms with Crippen LogP contribution in [0, 0.1) is 0 Å². The highest BCUT2D eigenvalue weighted by atomic mass is 16.6. The molecule has 0 unspecified atom stereocenters. The second-order valence-electron chi connectivity index (χ2n) is 8.13. The Labute approximate surface area is 152 Å². The number of fused-ring (bicyclic) bond motifs is 1. The summed E-state index contributed by atoms with van der Waals surface area (Å²) in [6, 6.07) is 7.03. The van der Waals surface area contributed by atoms with Crippen LogP contribution in [0.15, 0.2) is 28.8 Å².